The summed E-state index contributed by atoms with van der Waals surface area (Å²) in [5.74, 6) is 3.56. The molecule has 0 amide bonds. The molecule has 6 heteroatoms. The van der Waals surface area contributed by atoms with Crippen molar-refractivity contribution in [2.24, 2.45) is 0 Å². The van der Waals surface area contributed by atoms with Gasteiger partial charge in [0.05, 0.1) is 6.61 Å². The summed E-state index contributed by atoms with van der Waals surface area (Å²) in [6.45, 7) is 7.88. The number of aliphatic hydroxyl groups excluding tert-OH is 1. The van der Waals surface area contributed by atoms with E-state index in [9.17, 15) is 0 Å². The third-order valence-corrected chi connectivity index (χ3v) is 4.14. The first-order valence-corrected chi connectivity index (χ1v) is 8.01. The van der Waals surface area contributed by atoms with Crippen LogP contribution in [0.15, 0.2) is 6.07 Å². The minimum Gasteiger partial charge on any atom is -0.395 e. The zero-order chi connectivity index (χ0) is 14.7. The second-order valence-electron chi connectivity index (χ2n) is 5.83. The van der Waals surface area contributed by atoms with Crippen LogP contribution in [0.4, 0.5) is 11.6 Å². The van der Waals surface area contributed by atoms with Gasteiger partial charge in [-0.15, -0.1) is 0 Å². The van der Waals surface area contributed by atoms with E-state index >= 15 is 0 Å². The number of rotatable bonds is 6. The molecule has 0 bridgehead atoms. The summed E-state index contributed by atoms with van der Waals surface area (Å²) in [5.41, 5.74) is 0. The lowest BCUT2D eigenvalue weighted by molar-refractivity contribution is 0.188. The molecule has 2 aliphatic rings. The molecule has 0 unspecified atom stereocenters. The second kappa shape index (κ2) is 6.58. The number of nitrogens with zero attached hydrogens (tertiary/aromatic N) is 4. The van der Waals surface area contributed by atoms with Gasteiger partial charge in [0.2, 0.25) is 0 Å². The van der Waals surface area contributed by atoms with Crippen LogP contribution < -0.4 is 10.2 Å². The Labute approximate surface area is 126 Å². The van der Waals surface area contributed by atoms with E-state index in [1.807, 2.05) is 0 Å². The van der Waals surface area contributed by atoms with Crippen molar-refractivity contribution in [1.29, 1.82) is 0 Å². The lowest BCUT2D eigenvalue weighted by atomic mass is 10.3. The first-order chi connectivity index (χ1) is 10.3. The number of aromatic nitrogens is 2. The average molecular weight is 291 g/mol. The molecule has 0 spiro atoms. The van der Waals surface area contributed by atoms with E-state index in [1.54, 1.807) is 0 Å². The van der Waals surface area contributed by atoms with E-state index in [0.717, 1.165) is 56.7 Å². The van der Waals surface area contributed by atoms with Gasteiger partial charge in [0, 0.05) is 51.3 Å². The quantitative estimate of drug-likeness (QED) is 0.812. The molecule has 21 heavy (non-hydrogen) atoms. The van der Waals surface area contributed by atoms with Crippen molar-refractivity contribution in [3.05, 3.63) is 11.9 Å². The van der Waals surface area contributed by atoms with Crippen LogP contribution in [0.2, 0.25) is 0 Å². The van der Waals surface area contributed by atoms with Crippen molar-refractivity contribution in [3.8, 4) is 0 Å². The van der Waals surface area contributed by atoms with Crippen LogP contribution in [0.5, 0.6) is 0 Å². The molecular weight excluding hydrogens is 266 g/mol. The van der Waals surface area contributed by atoms with Crippen LogP contribution in [-0.4, -0.2) is 65.8 Å². The minimum atomic E-state index is 0.240. The number of anilines is 2. The summed E-state index contributed by atoms with van der Waals surface area (Å²) in [5, 5.41) is 12.3. The molecule has 1 aromatic heterocycles. The highest BCUT2D eigenvalue weighted by atomic mass is 16.3. The SMILES string of the molecule is CCNc1cc(N2CCN(CCO)CC2)nc(C2CC2)n1. The Balaban J connectivity index is 1.72. The Hall–Kier alpha value is -1.40. The zero-order valence-corrected chi connectivity index (χ0v) is 12.8. The van der Waals surface area contributed by atoms with Gasteiger partial charge >= 0.3 is 0 Å². The Morgan fingerprint density at radius 3 is 2.62 bits per heavy atom. The maximum absolute atomic E-state index is 9.02. The number of nitrogens with one attached hydrogen (secondary N) is 1. The highest BCUT2D eigenvalue weighted by Crippen LogP contribution is 2.39. The highest BCUT2D eigenvalue weighted by Gasteiger charge is 2.28. The van der Waals surface area contributed by atoms with E-state index in [1.165, 1.54) is 12.8 Å². The molecule has 2 fully saturated rings. The number of aliphatic hydroxyl groups is 1. The largest absolute Gasteiger partial charge is 0.395 e. The third-order valence-electron chi connectivity index (χ3n) is 4.14. The Bertz CT molecular complexity index is 469. The van der Waals surface area contributed by atoms with Gasteiger partial charge in [-0.25, -0.2) is 9.97 Å². The van der Waals surface area contributed by atoms with Gasteiger partial charge in [0.1, 0.15) is 17.5 Å². The van der Waals surface area contributed by atoms with Crippen LogP contribution in [0, 0.1) is 0 Å². The first kappa shape index (κ1) is 14.5. The summed E-state index contributed by atoms with van der Waals surface area (Å²) in [4.78, 5) is 14.0. The van der Waals surface area contributed by atoms with Gasteiger partial charge in [-0.3, -0.25) is 4.90 Å². The van der Waals surface area contributed by atoms with Crippen LogP contribution in [0.1, 0.15) is 31.5 Å². The highest BCUT2D eigenvalue weighted by molar-refractivity contribution is 5.50. The van der Waals surface area contributed by atoms with E-state index in [0.29, 0.717) is 5.92 Å². The van der Waals surface area contributed by atoms with Gasteiger partial charge in [0.25, 0.3) is 0 Å². The normalized spacial score (nSPS) is 19.8. The van der Waals surface area contributed by atoms with E-state index in [4.69, 9.17) is 10.1 Å². The zero-order valence-electron chi connectivity index (χ0n) is 12.8. The van der Waals surface area contributed by atoms with Gasteiger partial charge < -0.3 is 15.3 Å². The van der Waals surface area contributed by atoms with Crippen LogP contribution >= 0.6 is 0 Å². The molecule has 6 nitrogen and oxygen atoms in total. The van der Waals surface area contributed by atoms with Crippen molar-refractivity contribution >= 4 is 11.6 Å². The van der Waals surface area contributed by atoms with Gasteiger partial charge in [-0.1, -0.05) is 0 Å². The van der Waals surface area contributed by atoms with Crippen molar-refractivity contribution in [2.45, 2.75) is 25.7 Å². The van der Waals surface area contributed by atoms with Crippen molar-refractivity contribution in [1.82, 2.24) is 14.9 Å². The molecule has 1 aromatic rings. The fourth-order valence-electron chi connectivity index (χ4n) is 2.75. The molecule has 1 aliphatic carbocycles. The molecule has 0 aromatic carbocycles. The summed E-state index contributed by atoms with van der Waals surface area (Å²) in [6, 6.07) is 2.07. The summed E-state index contributed by atoms with van der Waals surface area (Å²) < 4.78 is 0. The maximum atomic E-state index is 9.02. The van der Waals surface area contributed by atoms with Crippen molar-refractivity contribution < 1.29 is 5.11 Å². The smallest absolute Gasteiger partial charge is 0.136 e. The topological polar surface area (TPSA) is 64.5 Å². The van der Waals surface area contributed by atoms with E-state index in [2.05, 4.69) is 33.1 Å². The number of piperazine rings is 1. The summed E-state index contributed by atoms with van der Waals surface area (Å²) in [7, 11) is 0. The monoisotopic (exact) mass is 291 g/mol. The first-order valence-electron chi connectivity index (χ1n) is 8.01. The van der Waals surface area contributed by atoms with Crippen LogP contribution in [0.25, 0.3) is 0 Å². The molecule has 3 rings (SSSR count). The summed E-state index contributed by atoms with van der Waals surface area (Å²) >= 11 is 0. The second-order valence-corrected chi connectivity index (χ2v) is 5.83. The van der Waals surface area contributed by atoms with Gasteiger partial charge in [-0.05, 0) is 19.8 Å². The summed E-state index contributed by atoms with van der Waals surface area (Å²) in [6.07, 6.45) is 2.44. The predicted molar refractivity (Wildman–Crippen MR) is 83.9 cm³/mol. The molecule has 2 N–H and O–H groups in total. The van der Waals surface area contributed by atoms with Gasteiger partial charge in [0.15, 0.2) is 0 Å². The average Bonchev–Trinajstić information content (AvgIpc) is 3.33. The molecular formula is C15H25N5O. The van der Waals surface area contributed by atoms with Crippen molar-refractivity contribution in [2.75, 3.05) is 56.1 Å². The Kier molecular flexibility index (Phi) is 4.55. The Morgan fingerprint density at radius 2 is 2.00 bits per heavy atom. The molecule has 0 atom stereocenters. The fourth-order valence-corrected chi connectivity index (χ4v) is 2.75. The standard InChI is InChI=1S/C15H25N5O/c1-2-16-13-11-14(18-15(17-13)12-3-4-12)20-7-5-19(6-8-20)9-10-21/h11-12,21H,2-10H2,1H3,(H,16,17,18). The van der Waals surface area contributed by atoms with E-state index in [-0.39, 0.29) is 6.61 Å². The minimum absolute atomic E-state index is 0.240. The molecule has 116 valence electrons. The van der Waals surface area contributed by atoms with Crippen LogP contribution in [-0.2, 0) is 0 Å². The third kappa shape index (κ3) is 3.63. The lowest BCUT2D eigenvalue weighted by Crippen LogP contribution is -2.47. The number of hydrogen-bond donors (Lipinski definition) is 2. The molecule has 2 heterocycles. The molecule has 1 saturated carbocycles. The fraction of sp³-hybridized carbons (Fsp3) is 0.733. The lowest BCUT2D eigenvalue weighted by Gasteiger charge is -2.35. The van der Waals surface area contributed by atoms with Crippen LogP contribution in [0.3, 0.4) is 0 Å². The number of β-amino-alcohol motifs (C(OH)–C–C–N with tert-alkyl or cyclic N) is 1. The maximum Gasteiger partial charge on any atom is 0.136 e. The van der Waals surface area contributed by atoms with Gasteiger partial charge in [-0.2, -0.15) is 0 Å². The predicted octanol–water partition coefficient (Wildman–Crippen LogP) is 0.900. The Morgan fingerprint density at radius 1 is 1.24 bits per heavy atom. The number of hydrogen-bond acceptors (Lipinski definition) is 6. The molecule has 1 aliphatic heterocycles. The van der Waals surface area contributed by atoms with E-state index < -0.39 is 0 Å². The molecule has 0 radical (unpaired) electrons. The molecule has 1 saturated heterocycles. The van der Waals surface area contributed by atoms with Crippen molar-refractivity contribution in [3.63, 3.8) is 0 Å².